The Morgan fingerprint density at radius 1 is 1.71 bits per heavy atom. The summed E-state index contributed by atoms with van der Waals surface area (Å²) in [6.45, 7) is 1.46. The smallest absolute Gasteiger partial charge is 0.112 e. The summed E-state index contributed by atoms with van der Waals surface area (Å²) in [4.78, 5) is 0. The van der Waals surface area contributed by atoms with Crippen LogP contribution in [0.1, 0.15) is 24.6 Å². The summed E-state index contributed by atoms with van der Waals surface area (Å²) in [5.41, 5.74) is 0.653. The Morgan fingerprint density at radius 2 is 2.50 bits per heavy atom. The Kier molecular flexibility index (Phi) is 2.79. The number of nitrogens with zero attached hydrogens (tertiary/aromatic N) is 3. The molecule has 0 radical (unpaired) electrons. The normalized spacial score (nSPS) is 18.4. The minimum absolute atomic E-state index is 0.516. The quantitative estimate of drug-likeness (QED) is 0.692. The number of aliphatic hydroxyl groups excluding tert-OH is 1. The van der Waals surface area contributed by atoms with E-state index in [0.717, 1.165) is 12.5 Å². The summed E-state index contributed by atoms with van der Waals surface area (Å²) in [6.07, 6.45) is 3.89. The highest BCUT2D eigenvalue weighted by Crippen LogP contribution is 2.30. The van der Waals surface area contributed by atoms with Crippen LogP contribution in [-0.2, 0) is 6.54 Å². The molecule has 0 saturated heterocycles. The molecule has 1 aliphatic rings. The van der Waals surface area contributed by atoms with E-state index in [1.54, 1.807) is 7.05 Å². The predicted molar refractivity (Wildman–Crippen MR) is 51.6 cm³/mol. The van der Waals surface area contributed by atoms with Crippen molar-refractivity contribution < 1.29 is 5.11 Å². The van der Waals surface area contributed by atoms with E-state index < -0.39 is 6.10 Å². The molecular formula is C9H16N4O. The van der Waals surface area contributed by atoms with E-state index in [1.165, 1.54) is 12.8 Å². The zero-order chi connectivity index (χ0) is 9.97. The van der Waals surface area contributed by atoms with Gasteiger partial charge in [-0.1, -0.05) is 5.21 Å². The molecule has 0 spiro atoms. The fourth-order valence-electron chi connectivity index (χ4n) is 1.42. The van der Waals surface area contributed by atoms with Crippen molar-refractivity contribution in [1.29, 1.82) is 0 Å². The zero-order valence-electron chi connectivity index (χ0n) is 8.35. The number of likely N-dealkylation sites (N-methyl/N-ethyl adjacent to an activating group) is 1. The highest BCUT2D eigenvalue weighted by Gasteiger charge is 2.22. The molecule has 1 unspecified atom stereocenters. The molecule has 1 aliphatic carbocycles. The van der Waals surface area contributed by atoms with Crippen molar-refractivity contribution in [3.05, 3.63) is 11.9 Å². The molecule has 0 amide bonds. The van der Waals surface area contributed by atoms with Gasteiger partial charge in [-0.25, -0.2) is 0 Å². The van der Waals surface area contributed by atoms with E-state index in [2.05, 4.69) is 15.6 Å². The predicted octanol–water partition coefficient (Wildman–Crippen LogP) is -0.0591. The minimum Gasteiger partial charge on any atom is -0.385 e. The van der Waals surface area contributed by atoms with Crippen molar-refractivity contribution in [2.45, 2.75) is 25.5 Å². The first-order valence-corrected chi connectivity index (χ1v) is 5.02. The molecule has 1 aromatic rings. The summed E-state index contributed by atoms with van der Waals surface area (Å²) in [7, 11) is 1.80. The lowest BCUT2D eigenvalue weighted by atomic mass is 10.3. The van der Waals surface area contributed by atoms with Crippen molar-refractivity contribution in [1.82, 2.24) is 20.3 Å². The van der Waals surface area contributed by atoms with Gasteiger partial charge in [-0.15, -0.1) is 5.10 Å². The number of nitrogens with one attached hydrogen (secondary N) is 1. The van der Waals surface area contributed by atoms with E-state index in [-0.39, 0.29) is 0 Å². The number of hydrogen-bond acceptors (Lipinski definition) is 4. The average molecular weight is 196 g/mol. The van der Waals surface area contributed by atoms with Crippen LogP contribution < -0.4 is 5.32 Å². The topological polar surface area (TPSA) is 63.0 Å². The van der Waals surface area contributed by atoms with E-state index >= 15 is 0 Å². The van der Waals surface area contributed by atoms with Gasteiger partial charge in [0, 0.05) is 13.1 Å². The van der Waals surface area contributed by atoms with Crippen LogP contribution >= 0.6 is 0 Å². The van der Waals surface area contributed by atoms with Gasteiger partial charge in [-0.2, -0.15) is 0 Å². The zero-order valence-corrected chi connectivity index (χ0v) is 8.35. The molecule has 0 aromatic carbocycles. The third kappa shape index (κ3) is 2.30. The average Bonchev–Trinajstić information content (AvgIpc) is 2.82. The maximum atomic E-state index is 9.61. The molecular weight excluding hydrogens is 180 g/mol. The maximum absolute atomic E-state index is 9.61. The molecule has 2 rings (SSSR count). The minimum atomic E-state index is -0.548. The highest BCUT2D eigenvalue weighted by atomic mass is 16.3. The maximum Gasteiger partial charge on any atom is 0.112 e. The van der Waals surface area contributed by atoms with Gasteiger partial charge in [-0.05, 0) is 25.8 Å². The van der Waals surface area contributed by atoms with E-state index in [0.29, 0.717) is 12.2 Å². The van der Waals surface area contributed by atoms with Crippen LogP contribution in [0, 0.1) is 5.92 Å². The molecule has 1 atom stereocenters. The second kappa shape index (κ2) is 4.06. The third-order valence-corrected chi connectivity index (χ3v) is 2.44. The van der Waals surface area contributed by atoms with Gasteiger partial charge < -0.3 is 10.4 Å². The second-order valence-electron chi connectivity index (χ2n) is 3.88. The van der Waals surface area contributed by atoms with Crippen molar-refractivity contribution in [3.63, 3.8) is 0 Å². The van der Waals surface area contributed by atoms with Gasteiger partial charge >= 0.3 is 0 Å². The lowest BCUT2D eigenvalue weighted by Crippen LogP contribution is -2.16. The van der Waals surface area contributed by atoms with Gasteiger partial charge in [0.05, 0.1) is 6.20 Å². The fourth-order valence-corrected chi connectivity index (χ4v) is 1.42. The van der Waals surface area contributed by atoms with Crippen molar-refractivity contribution in [3.8, 4) is 0 Å². The van der Waals surface area contributed by atoms with Gasteiger partial charge in [0.15, 0.2) is 0 Å². The molecule has 5 heteroatoms. The molecule has 1 saturated carbocycles. The Hall–Kier alpha value is -0.940. The Bertz CT molecular complexity index is 295. The summed E-state index contributed by atoms with van der Waals surface area (Å²) < 4.78 is 1.83. The van der Waals surface area contributed by atoms with Crippen LogP contribution in [0.15, 0.2) is 6.20 Å². The summed E-state index contributed by atoms with van der Waals surface area (Å²) in [5, 5.41) is 20.4. The van der Waals surface area contributed by atoms with E-state index in [9.17, 15) is 5.11 Å². The molecule has 1 fully saturated rings. The van der Waals surface area contributed by atoms with Crippen LogP contribution in [0.2, 0.25) is 0 Å². The first-order valence-electron chi connectivity index (χ1n) is 5.02. The molecule has 2 N–H and O–H groups in total. The Balaban J connectivity index is 1.93. The SMILES string of the molecule is CNCC(O)c1cn(CC2CC2)nn1. The number of aliphatic hydroxyl groups is 1. The summed E-state index contributed by atoms with van der Waals surface area (Å²) in [6, 6.07) is 0. The first-order chi connectivity index (χ1) is 6.79. The molecule has 0 aliphatic heterocycles. The van der Waals surface area contributed by atoms with Gasteiger partial charge in [-0.3, -0.25) is 4.68 Å². The highest BCUT2D eigenvalue weighted by molar-refractivity contribution is 4.98. The third-order valence-electron chi connectivity index (χ3n) is 2.44. The number of rotatable bonds is 5. The van der Waals surface area contributed by atoms with E-state index in [1.807, 2.05) is 10.9 Å². The van der Waals surface area contributed by atoms with Crippen LogP contribution in [0.5, 0.6) is 0 Å². The molecule has 0 bridgehead atoms. The van der Waals surface area contributed by atoms with Crippen molar-refractivity contribution in [2.75, 3.05) is 13.6 Å². The van der Waals surface area contributed by atoms with Crippen molar-refractivity contribution in [2.24, 2.45) is 5.92 Å². The Morgan fingerprint density at radius 3 is 3.14 bits per heavy atom. The number of aromatic nitrogens is 3. The molecule has 14 heavy (non-hydrogen) atoms. The van der Waals surface area contributed by atoms with Crippen LogP contribution in [0.4, 0.5) is 0 Å². The summed E-state index contributed by atoms with van der Waals surface area (Å²) in [5.74, 6) is 0.783. The standard InChI is InChI=1S/C9H16N4O/c1-10-4-9(14)8-6-13(12-11-8)5-7-2-3-7/h6-7,9-10,14H,2-5H2,1H3. The Labute approximate surface area is 83.1 Å². The monoisotopic (exact) mass is 196 g/mol. The molecule has 1 aromatic heterocycles. The fraction of sp³-hybridized carbons (Fsp3) is 0.778. The van der Waals surface area contributed by atoms with Crippen LogP contribution in [-0.4, -0.2) is 33.7 Å². The lowest BCUT2D eigenvalue weighted by molar-refractivity contribution is 0.173. The molecule has 5 nitrogen and oxygen atoms in total. The molecule has 78 valence electrons. The van der Waals surface area contributed by atoms with Gasteiger partial charge in [0.25, 0.3) is 0 Å². The van der Waals surface area contributed by atoms with Crippen molar-refractivity contribution >= 4 is 0 Å². The second-order valence-corrected chi connectivity index (χ2v) is 3.88. The molecule has 1 heterocycles. The number of hydrogen-bond donors (Lipinski definition) is 2. The van der Waals surface area contributed by atoms with Gasteiger partial charge in [0.1, 0.15) is 11.8 Å². The van der Waals surface area contributed by atoms with Crippen LogP contribution in [0.25, 0.3) is 0 Å². The largest absolute Gasteiger partial charge is 0.385 e. The lowest BCUT2D eigenvalue weighted by Gasteiger charge is -2.04. The van der Waals surface area contributed by atoms with Crippen LogP contribution in [0.3, 0.4) is 0 Å². The summed E-state index contributed by atoms with van der Waals surface area (Å²) >= 11 is 0. The van der Waals surface area contributed by atoms with Gasteiger partial charge in [0.2, 0.25) is 0 Å². The first kappa shape index (κ1) is 9.61. The van der Waals surface area contributed by atoms with E-state index in [4.69, 9.17) is 0 Å².